The number of carbonyl (C=O) groups is 1. The Morgan fingerprint density at radius 1 is 1.41 bits per heavy atom. The number of hydrogen-bond acceptors (Lipinski definition) is 5. The zero-order valence-electron chi connectivity index (χ0n) is 11.8. The molecular formula is C14H15Cl2N3O2S. The summed E-state index contributed by atoms with van der Waals surface area (Å²) in [6, 6.07) is 4.99. The average Bonchev–Trinajstić information content (AvgIpc) is 2.82. The molecule has 0 bridgehead atoms. The number of nitrogens with one attached hydrogen (secondary N) is 2. The maximum Gasteiger partial charge on any atom is 0.229 e. The third-order valence-electron chi connectivity index (χ3n) is 2.75. The van der Waals surface area contributed by atoms with Crippen LogP contribution in [0.15, 0.2) is 18.2 Å². The smallest absolute Gasteiger partial charge is 0.229 e. The molecule has 0 saturated heterocycles. The number of aromatic nitrogens is 1. The number of halogens is 2. The molecule has 0 unspecified atom stereocenters. The van der Waals surface area contributed by atoms with E-state index in [4.69, 9.17) is 23.2 Å². The summed E-state index contributed by atoms with van der Waals surface area (Å²) < 4.78 is 0. The lowest BCUT2D eigenvalue weighted by Crippen LogP contribution is -2.14. The van der Waals surface area contributed by atoms with Crippen molar-refractivity contribution < 1.29 is 9.90 Å². The normalized spacial score (nSPS) is 10.5. The number of thiazole rings is 1. The lowest BCUT2D eigenvalue weighted by atomic mass is 10.3. The van der Waals surface area contributed by atoms with Gasteiger partial charge in [0.25, 0.3) is 0 Å². The van der Waals surface area contributed by atoms with Gasteiger partial charge in [0.1, 0.15) is 0 Å². The summed E-state index contributed by atoms with van der Waals surface area (Å²) in [6.07, 6.45) is 0.962. The summed E-state index contributed by atoms with van der Waals surface area (Å²) in [5.74, 6) is -0.430. The van der Waals surface area contributed by atoms with Gasteiger partial charge in [0.05, 0.1) is 27.0 Å². The van der Waals surface area contributed by atoms with Crippen molar-refractivity contribution in [1.82, 2.24) is 4.98 Å². The SMILES string of the molecule is CCCNc1nc(O)c(CC(=O)Nc2cccc(Cl)c2Cl)s1. The Balaban J connectivity index is 2.03. The second-order valence-electron chi connectivity index (χ2n) is 4.52. The summed E-state index contributed by atoms with van der Waals surface area (Å²) in [5.41, 5.74) is 0.438. The molecule has 0 radical (unpaired) electrons. The van der Waals surface area contributed by atoms with Gasteiger partial charge in [0.2, 0.25) is 11.8 Å². The standard InChI is InChI=1S/C14H15Cl2N3O2S/c1-2-6-17-14-19-13(21)10(22-14)7-11(20)18-9-5-3-4-8(15)12(9)16/h3-5,21H,2,6-7H2,1H3,(H,17,19)(H,18,20). The van der Waals surface area contributed by atoms with Crippen molar-refractivity contribution in [3.8, 4) is 5.88 Å². The largest absolute Gasteiger partial charge is 0.492 e. The van der Waals surface area contributed by atoms with Crippen molar-refractivity contribution in [3.05, 3.63) is 33.1 Å². The minimum atomic E-state index is -0.301. The second kappa shape index (κ2) is 7.67. The van der Waals surface area contributed by atoms with Crippen LogP contribution < -0.4 is 10.6 Å². The van der Waals surface area contributed by atoms with Crippen LogP contribution in [0.25, 0.3) is 0 Å². The van der Waals surface area contributed by atoms with E-state index in [0.29, 0.717) is 20.7 Å². The Morgan fingerprint density at radius 2 is 2.18 bits per heavy atom. The number of carbonyl (C=O) groups excluding carboxylic acids is 1. The van der Waals surface area contributed by atoms with Crippen LogP contribution in [0.5, 0.6) is 5.88 Å². The molecule has 1 aromatic heterocycles. The number of hydrogen-bond donors (Lipinski definition) is 3. The number of anilines is 2. The van der Waals surface area contributed by atoms with Crippen molar-refractivity contribution in [2.45, 2.75) is 19.8 Å². The van der Waals surface area contributed by atoms with Crippen LogP contribution in [-0.2, 0) is 11.2 Å². The summed E-state index contributed by atoms with van der Waals surface area (Å²) >= 11 is 13.2. The van der Waals surface area contributed by atoms with E-state index in [2.05, 4.69) is 15.6 Å². The average molecular weight is 360 g/mol. The van der Waals surface area contributed by atoms with Gasteiger partial charge in [-0.3, -0.25) is 4.79 Å². The van der Waals surface area contributed by atoms with Gasteiger partial charge >= 0.3 is 0 Å². The van der Waals surface area contributed by atoms with Gasteiger partial charge in [0, 0.05) is 6.54 Å². The molecule has 2 aromatic rings. The highest BCUT2D eigenvalue weighted by molar-refractivity contribution is 7.16. The predicted octanol–water partition coefficient (Wildman–Crippen LogP) is 4.16. The van der Waals surface area contributed by atoms with Crippen molar-refractivity contribution in [1.29, 1.82) is 0 Å². The van der Waals surface area contributed by atoms with Crippen molar-refractivity contribution in [2.24, 2.45) is 0 Å². The summed E-state index contributed by atoms with van der Waals surface area (Å²) in [4.78, 5) is 16.5. The van der Waals surface area contributed by atoms with E-state index in [1.54, 1.807) is 18.2 Å². The van der Waals surface area contributed by atoms with Crippen LogP contribution in [-0.4, -0.2) is 22.5 Å². The molecule has 0 atom stereocenters. The topological polar surface area (TPSA) is 74.2 Å². The van der Waals surface area contributed by atoms with Crippen LogP contribution in [0.4, 0.5) is 10.8 Å². The number of aromatic hydroxyl groups is 1. The van der Waals surface area contributed by atoms with E-state index < -0.39 is 0 Å². The molecule has 0 aliphatic heterocycles. The van der Waals surface area contributed by atoms with E-state index in [1.165, 1.54) is 11.3 Å². The Morgan fingerprint density at radius 3 is 2.91 bits per heavy atom. The third-order valence-corrected chi connectivity index (χ3v) is 4.57. The molecule has 0 spiro atoms. The molecule has 0 aliphatic rings. The zero-order valence-corrected chi connectivity index (χ0v) is 14.1. The summed E-state index contributed by atoms with van der Waals surface area (Å²) in [7, 11) is 0. The van der Waals surface area contributed by atoms with Crippen LogP contribution in [0.3, 0.4) is 0 Å². The lowest BCUT2D eigenvalue weighted by Gasteiger charge is -2.07. The fourth-order valence-corrected chi connectivity index (χ4v) is 2.93. The van der Waals surface area contributed by atoms with Crippen molar-refractivity contribution in [2.75, 3.05) is 17.2 Å². The highest BCUT2D eigenvalue weighted by Gasteiger charge is 2.15. The first-order valence-corrected chi connectivity index (χ1v) is 8.25. The number of nitrogens with zero attached hydrogens (tertiary/aromatic N) is 1. The van der Waals surface area contributed by atoms with Crippen LogP contribution in [0.1, 0.15) is 18.2 Å². The molecular weight excluding hydrogens is 345 g/mol. The Hall–Kier alpha value is -1.50. The fraction of sp³-hybridized carbons (Fsp3) is 0.286. The maximum absolute atomic E-state index is 12.1. The first kappa shape index (κ1) is 16.9. The summed E-state index contributed by atoms with van der Waals surface area (Å²) in [6.45, 7) is 2.79. The van der Waals surface area contributed by atoms with Crippen LogP contribution in [0, 0.1) is 0 Å². The van der Waals surface area contributed by atoms with Gasteiger partial charge in [-0.05, 0) is 18.6 Å². The molecule has 1 heterocycles. The monoisotopic (exact) mass is 359 g/mol. The Labute approximate surface area is 142 Å². The lowest BCUT2D eigenvalue weighted by molar-refractivity contribution is -0.115. The van der Waals surface area contributed by atoms with E-state index in [1.807, 2.05) is 6.92 Å². The fourth-order valence-electron chi connectivity index (χ4n) is 1.71. The number of rotatable bonds is 6. The molecule has 0 aliphatic carbocycles. The highest BCUT2D eigenvalue weighted by atomic mass is 35.5. The summed E-state index contributed by atoms with van der Waals surface area (Å²) in [5, 5.41) is 16.8. The molecule has 2 rings (SSSR count). The number of benzene rings is 1. The molecule has 118 valence electrons. The molecule has 0 saturated carbocycles. The van der Waals surface area contributed by atoms with Gasteiger partial charge < -0.3 is 15.7 Å². The second-order valence-corrected chi connectivity index (χ2v) is 6.39. The molecule has 5 nitrogen and oxygen atoms in total. The van der Waals surface area contributed by atoms with Gasteiger partial charge in [-0.15, -0.1) is 0 Å². The first-order chi connectivity index (χ1) is 10.5. The van der Waals surface area contributed by atoms with Gasteiger partial charge in [-0.1, -0.05) is 47.5 Å². The quantitative estimate of drug-likeness (QED) is 0.723. The molecule has 0 fully saturated rings. The molecule has 3 N–H and O–H groups in total. The van der Waals surface area contributed by atoms with E-state index in [0.717, 1.165) is 13.0 Å². The van der Waals surface area contributed by atoms with Crippen LogP contribution in [0.2, 0.25) is 10.0 Å². The minimum Gasteiger partial charge on any atom is -0.492 e. The maximum atomic E-state index is 12.1. The molecule has 8 heteroatoms. The van der Waals surface area contributed by atoms with Gasteiger partial charge in [0.15, 0.2) is 5.13 Å². The van der Waals surface area contributed by atoms with E-state index in [-0.39, 0.29) is 23.2 Å². The zero-order chi connectivity index (χ0) is 16.1. The first-order valence-electron chi connectivity index (χ1n) is 6.67. The number of amides is 1. The Kier molecular flexibility index (Phi) is 5.88. The minimum absolute atomic E-state index is 0.0140. The molecule has 1 aromatic carbocycles. The van der Waals surface area contributed by atoms with E-state index >= 15 is 0 Å². The van der Waals surface area contributed by atoms with Gasteiger partial charge in [-0.2, -0.15) is 4.98 Å². The van der Waals surface area contributed by atoms with Crippen LogP contribution >= 0.6 is 34.5 Å². The van der Waals surface area contributed by atoms with Crippen molar-refractivity contribution >= 4 is 51.3 Å². The molecule has 22 heavy (non-hydrogen) atoms. The van der Waals surface area contributed by atoms with E-state index in [9.17, 15) is 9.90 Å². The Bertz CT molecular complexity index is 676. The predicted molar refractivity (Wildman–Crippen MR) is 91.4 cm³/mol. The van der Waals surface area contributed by atoms with Crippen molar-refractivity contribution in [3.63, 3.8) is 0 Å². The molecule has 1 amide bonds. The van der Waals surface area contributed by atoms with Gasteiger partial charge in [-0.25, -0.2) is 0 Å². The highest BCUT2D eigenvalue weighted by Crippen LogP contribution is 2.31. The third kappa shape index (κ3) is 4.25.